The Balaban J connectivity index is 2.00. The molecule has 3 rings (SSSR count). The maximum atomic E-state index is 12.9. The second kappa shape index (κ2) is 10.5. The monoisotopic (exact) mass is 451 g/mol. The summed E-state index contributed by atoms with van der Waals surface area (Å²) in [5, 5.41) is 6.54. The van der Waals surface area contributed by atoms with Gasteiger partial charge in [0.15, 0.2) is 0 Å². The van der Waals surface area contributed by atoms with Crippen molar-refractivity contribution in [2.24, 2.45) is 0 Å². The topological polar surface area (TPSA) is 80.3 Å². The number of rotatable bonds is 8. The molecule has 6 nitrogen and oxygen atoms in total. The zero-order valence-corrected chi connectivity index (χ0v) is 19.9. The summed E-state index contributed by atoms with van der Waals surface area (Å²) in [4.78, 5) is 30.3. The van der Waals surface area contributed by atoms with Gasteiger partial charge < -0.3 is 15.4 Å². The number of nitrogens with one attached hydrogen (secondary N) is 2. The summed E-state index contributed by atoms with van der Waals surface area (Å²) in [5.41, 5.74) is 4.41. The lowest BCUT2D eigenvalue weighted by Gasteiger charge is -2.14. The van der Waals surface area contributed by atoms with Crippen molar-refractivity contribution in [1.29, 1.82) is 0 Å². The molecule has 0 radical (unpaired) electrons. The SMILES string of the molecule is COCC(C)NC(=O)c1cc(-c2ccc(C)cc2)cc(-c2ncc(C(=O)NC(C)C)s2)c1. The summed E-state index contributed by atoms with van der Waals surface area (Å²) in [6, 6.07) is 13.8. The van der Waals surface area contributed by atoms with E-state index in [-0.39, 0.29) is 23.9 Å². The molecule has 1 aromatic heterocycles. The quantitative estimate of drug-likeness (QED) is 0.521. The maximum Gasteiger partial charge on any atom is 0.263 e. The molecule has 168 valence electrons. The molecule has 0 spiro atoms. The van der Waals surface area contributed by atoms with Crippen LogP contribution in [0.3, 0.4) is 0 Å². The van der Waals surface area contributed by atoms with Crippen molar-refractivity contribution in [2.45, 2.75) is 39.8 Å². The van der Waals surface area contributed by atoms with Gasteiger partial charge in [-0.15, -0.1) is 11.3 Å². The fourth-order valence-electron chi connectivity index (χ4n) is 3.24. The van der Waals surface area contributed by atoms with Gasteiger partial charge in [-0.3, -0.25) is 9.59 Å². The Morgan fingerprint density at radius 1 is 0.969 bits per heavy atom. The third kappa shape index (κ3) is 6.02. The van der Waals surface area contributed by atoms with Gasteiger partial charge in [0.1, 0.15) is 9.88 Å². The zero-order valence-electron chi connectivity index (χ0n) is 19.1. The average molecular weight is 452 g/mol. The Bertz CT molecular complexity index is 1090. The lowest BCUT2D eigenvalue weighted by atomic mass is 9.98. The van der Waals surface area contributed by atoms with Crippen LogP contribution in [0.5, 0.6) is 0 Å². The summed E-state index contributed by atoms with van der Waals surface area (Å²) in [5.74, 6) is -0.330. The van der Waals surface area contributed by atoms with Crippen molar-refractivity contribution >= 4 is 23.2 Å². The van der Waals surface area contributed by atoms with E-state index in [1.807, 2.05) is 70.2 Å². The number of hydrogen-bond donors (Lipinski definition) is 2. The van der Waals surface area contributed by atoms with Crippen LogP contribution < -0.4 is 10.6 Å². The van der Waals surface area contributed by atoms with E-state index >= 15 is 0 Å². The average Bonchev–Trinajstić information content (AvgIpc) is 3.24. The summed E-state index contributed by atoms with van der Waals surface area (Å²) >= 11 is 1.31. The van der Waals surface area contributed by atoms with E-state index in [9.17, 15) is 9.59 Å². The van der Waals surface area contributed by atoms with Gasteiger partial charge in [-0.1, -0.05) is 29.8 Å². The molecule has 2 amide bonds. The minimum Gasteiger partial charge on any atom is -0.383 e. The van der Waals surface area contributed by atoms with Crippen LogP contribution in [-0.4, -0.2) is 42.6 Å². The minimum atomic E-state index is -0.181. The summed E-state index contributed by atoms with van der Waals surface area (Å²) < 4.78 is 5.13. The highest BCUT2D eigenvalue weighted by atomic mass is 32.1. The molecule has 2 N–H and O–H groups in total. The lowest BCUT2D eigenvalue weighted by Crippen LogP contribution is -2.35. The zero-order chi connectivity index (χ0) is 23.3. The molecule has 1 atom stereocenters. The molecule has 0 aliphatic heterocycles. The van der Waals surface area contributed by atoms with Crippen LogP contribution in [0.25, 0.3) is 21.7 Å². The first-order valence-electron chi connectivity index (χ1n) is 10.6. The molecule has 0 bridgehead atoms. The van der Waals surface area contributed by atoms with E-state index < -0.39 is 0 Å². The molecule has 0 saturated heterocycles. The number of thiazole rings is 1. The molecule has 0 fully saturated rings. The first kappa shape index (κ1) is 23.6. The molecule has 1 unspecified atom stereocenters. The second-order valence-electron chi connectivity index (χ2n) is 8.15. The number of carbonyl (C=O) groups is 2. The summed E-state index contributed by atoms with van der Waals surface area (Å²) in [6.07, 6.45) is 1.58. The smallest absolute Gasteiger partial charge is 0.263 e. The van der Waals surface area contributed by atoms with Crippen LogP contribution >= 0.6 is 11.3 Å². The van der Waals surface area contributed by atoms with Crippen molar-refractivity contribution in [3.8, 4) is 21.7 Å². The van der Waals surface area contributed by atoms with E-state index in [2.05, 4.69) is 15.6 Å². The van der Waals surface area contributed by atoms with Crippen molar-refractivity contribution < 1.29 is 14.3 Å². The fraction of sp³-hybridized carbons (Fsp3) is 0.320. The highest BCUT2D eigenvalue weighted by molar-refractivity contribution is 7.16. The van der Waals surface area contributed by atoms with E-state index in [1.54, 1.807) is 13.3 Å². The van der Waals surface area contributed by atoms with Crippen LogP contribution in [0.2, 0.25) is 0 Å². The Hall–Kier alpha value is -3.03. The minimum absolute atomic E-state index is 0.0438. The number of ether oxygens (including phenoxy) is 1. The van der Waals surface area contributed by atoms with Crippen LogP contribution in [0.1, 0.15) is 46.4 Å². The Kier molecular flexibility index (Phi) is 7.77. The Morgan fingerprint density at radius 3 is 2.31 bits per heavy atom. The Morgan fingerprint density at radius 2 is 1.66 bits per heavy atom. The van der Waals surface area contributed by atoms with Crippen molar-refractivity contribution in [1.82, 2.24) is 15.6 Å². The molecule has 7 heteroatoms. The third-order valence-corrected chi connectivity index (χ3v) is 5.82. The van der Waals surface area contributed by atoms with E-state index in [0.717, 1.165) is 22.3 Å². The van der Waals surface area contributed by atoms with Gasteiger partial charge in [-0.05, 0) is 57.0 Å². The number of benzene rings is 2. The standard InChI is InChI=1S/C25H29N3O3S/c1-15(2)27-24(30)22-13-26-25(32-22)21-11-19(18-8-6-16(3)7-9-18)10-20(12-21)23(29)28-17(4)14-31-5/h6-13,15,17H,14H2,1-5H3,(H,27,30)(H,28,29). The number of carbonyl (C=O) groups excluding carboxylic acids is 2. The number of aromatic nitrogens is 1. The van der Waals surface area contributed by atoms with E-state index in [0.29, 0.717) is 22.1 Å². The van der Waals surface area contributed by atoms with E-state index in [4.69, 9.17) is 4.74 Å². The number of aryl methyl sites for hydroxylation is 1. The highest BCUT2D eigenvalue weighted by Gasteiger charge is 2.17. The van der Waals surface area contributed by atoms with Gasteiger partial charge in [-0.2, -0.15) is 0 Å². The number of nitrogens with zero attached hydrogens (tertiary/aromatic N) is 1. The predicted molar refractivity (Wildman–Crippen MR) is 129 cm³/mol. The number of methoxy groups -OCH3 is 1. The molecule has 1 heterocycles. The molecular weight excluding hydrogens is 422 g/mol. The fourth-order valence-corrected chi connectivity index (χ4v) is 4.05. The summed E-state index contributed by atoms with van der Waals surface area (Å²) in [6.45, 7) is 8.19. The van der Waals surface area contributed by atoms with Gasteiger partial charge in [0, 0.05) is 30.3 Å². The maximum absolute atomic E-state index is 12.9. The van der Waals surface area contributed by atoms with Crippen LogP contribution in [-0.2, 0) is 4.74 Å². The second-order valence-corrected chi connectivity index (χ2v) is 9.18. The van der Waals surface area contributed by atoms with Gasteiger partial charge >= 0.3 is 0 Å². The number of amides is 2. The van der Waals surface area contributed by atoms with Crippen molar-refractivity contribution in [3.05, 3.63) is 64.7 Å². The molecule has 2 aromatic carbocycles. The van der Waals surface area contributed by atoms with Gasteiger partial charge in [0.2, 0.25) is 0 Å². The molecule has 3 aromatic rings. The van der Waals surface area contributed by atoms with Crippen molar-refractivity contribution in [2.75, 3.05) is 13.7 Å². The predicted octanol–water partition coefficient (Wildman–Crippen LogP) is 4.69. The molecular formula is C25H29N3O3S. The summed E-state index contributed by atoms with van der Waals surface area (Å²) in [7, 11) is 1.61. The molecule has 32 heavy (non-hydrogen) atoms. The van der Waals surface area contributed by atoms with Gasteiger partial charge in [-0.25, -0.2) is 4.98 Å². The third-order valence-electron chi connectivity index (χ3n) is 4.77. The first-order chi connectivity index (χ1) is 15.3. The van der Waals surface area contributed by atoms with Gasteiger partial charge in [0.25, 0.3) is 11.8 Å². The van der Waals surface area contributed by atoms with Crippen LogP contribution in [0, 0.1) is 6.92 Å². The molecule has 0 aliphatic carbocycles. The number of hydrogen-bond acceptors (Lipinski definition) is 5. The normalized spacial score (nSPS) is 11.9. The molecule has 0 saturated carbocycles. The van der Waals surface area contributed by atoms with Crippen LogP contribution in [0.15, 0.2) is 48.7 Å². The van der Waals surface area contributed by atoms with E-state index in [1.165, 1.54) is 11.3 Å². The lowest BCUT2D eigenvalue weighted by molar-refractivity contribution is 0.0904. The van der Waals surface area contributed by atoms with Crippen molar-refractivity contribution in [3.63, 3.8) is 0 Å². The van der Waals surface area contributed by atoms with Gasteiger partial charge in [0.05, 0.1) is 12.8 Å². The molecule has 0 aliphatic rings. The Labute approximate surface area is 193 Å². The highest BCUT2D eigenvalue weighted by Crippen LogP contribution is 2.31. The van der Waals surface area contributed by atoms with Crippen LogP contribution in [0.4, 0.5) is 0 Å². The largest absolute Gasteiger partial charge is 0.383 e. The first-order valence-corrected chi connectivity index (χ1v) is 11.4.